The highest BCUT2D eigenvalue weighted by Crippen LogP contribution is 2.50. The molecular formula is C31H25Cl3F2N4O4. The zero-order chi connectivity index (χ0) is 31.7. The Balaban J connectivity index is 1.42. The predicted molar refractivity (Wildman–Crippen MR) is 162 cm³/mol. The first kappa shape index (κ1) is 30.5. The van der Waals surface area contributed by atoms with Crippen molar-refractivity contribution in [3.8, 4) is 17.0 Å². The van der Waals surface area contributed by atoms with Crippen LogP contribution in [0.3, 0.4) is 0 Å². The highest BCUT2D eigenvalue weighted by molar-refractivity contribution is 6.36. The van der Waals surface area contributed by atoms with Crippen LogP contribution in [0.1, 0.15) is 47.1 Å². The molecule has 2 atom stereocenters. The number of hydrogen-bond donors (Lipinski definition) is 3. The lowest BCUT2D eigenvalue weighted by Crippen LogP contribution is -2.44. The van der Waals surface area contributed by atoms with E-state index in [9.17, 15) is 23.5 Å². The quantitative estimate of drug-likeness (QED) is 0.208. The predicted octanol–water partition coefficient (Wildman–Crippen LogP) is 6.01. The number of ether oxygens (including phenoxy) is 1. The van der Waals surface area contributed by atoms with Gasteiger partial charge in [-0.05, 0) is 69.0 Å². The number of pyridine rings is 2. The Morgan fingerprint density at radius 2 is 1.86 bits per heavy atom. The number of carbonyl (C=O) groups is 2. The molecule has 4 N–H and O–H groups in total. The van der Waals surface area contributed by atoms with Crippen LogP contribution in [0.5, 0.6) is 5.75 Å². The minimum atomic E-state index is -1.73. The zero-order valence-electron chi connectivity index (χ0n) is 23.4. The molecule has 1 aliphatic carbocycles. The van der Waals surface area contributed by atoms with Crippen molar-refractivity contribution in [2.24, 2.45) is 11.7 Å². The molecule has 6 rings (SSSR count). The van der Waals surface area contributed by atoms with E-state index in [1.165, 1.54) is 18.2 Å². The number of hydrogen-bond acceptors (Lipinski definition) is 6. The topological polar surface area (TPSA) is 127 Å². The van der Waals surface area contributed by atoms with Gasteiger partial charge in [-0.25, -0.2) is 13.8 Å². The Morgan fingerprint density at radius 3 is 2.55 bits per heavy atom. The van der Waals surface area contributed by atoms with Crippen molar-refractivity contribution in [2.75, 3.05) is 13.2 Å². The molecule has 2 aromatic carbocycles. The monoisotopic (exact) mass is 660 g/mol. The van der Waals surface area contributed by atoms with Crippen molar-refractivity contribution in [3.05, 3.63) is 85.6 Å². The Labute approximate surface area is 265 Å². The Kier molecular flexibility index (Phi) is 7.48. The Hall–Kier alpha value is -3.57. The van der Waals surface area contributed by atoms with E-state index in [1.807, 2.05) is 0 Å². The summed E-state index contributed by atoms with van der Waals surface area (Å²) in [6.07, 6.45) is 1.25. The Bertz CT molecular complexity index is 1900. The van der Waals surface area contributed by atoms with Crippen LogP contribution in [0.25, 0.3) is 22.2 Å². The molecule has 1 aliphatic heterocycles. The van der Waals surface area contributed by atoms with Crippen LogP contribution >= 0.6 is 34.8 Å². The van der Waals surface area contributed by atoms with Crippen LogP contribution in [0.4, 0.5) is 8.78 Å². The lowest BCUT2D eigenvalue weighted by atomic mass is 9.81. The van der Waals surface area contributed by atoms with E-state index in [-0.39, 0.29) is 52.4 Å². The summed E-state index contributed by atoms with van der Waals surface area (Å²) in [6, 6.07) is 8.38. The maximum Gasteiger partial charge on any atom is 0.251 e. The zero-order valence-corrected chi connectivity index (χ0v) is 25.7. The molecule has 1 unspecified atom stereocenters. The van der Waals surface area contributed by atoms with Gasteiger partial charge in [0, 0.05) is 22.1 Å². The van der Waals surface area contributed by atoms with Gasteiger partial charge in [0.1, 0.15) is 29.1 Å². The molecule has 0 saturated heterocycles. The number of amides is 2. The van der Waals surface area contributed by atoms with Crippen LogP contribution in [0.2, 0.25) is 15.1 Å². The van der Waals surface area contributed by atoms with E-state index in [4.69, 9.17) is 45.3 Å². The van der Waals surface area contributed by atoms with Crippen molar-refractivity contribution in [2.45, 2.75) is 37.7 Å². The number of aliphatic hydroxyl groups is 1. The molecule has 0 radical (unpaired) electrons. The van der Waals surface area contributed by atoms with E-state index >= 15 is 0 Å². The van der Waals surface area contributed by atoms with Crippen LogP contribution < -0.4 is 15.8 Å². The van der Waals surface area contributed by atoms with Crippen molar-refractivity contribution in [1.29, 1.82) is 0 Å². The number of primary amides is 1. The second-order valence-corrected chi connectivity index (χ2v) is 12.6. The number of nitrogens with zero attached hydrogens (tertiary/aromatic N) is 2. The number of nitrogens with one attached hydrogen (secondary N) is 1. The van der Waals surface area contributed by atoms with Gasteiger partial charge >= 0.3 is 0 Å². The fourth-order valence-corrected chi connectivity index (χ4v) is 6.14. The molecule has 8 nitrogen and oxygen atoms in total. The number of nitrogens with two attached hydrogens (primary N) is 1. The number of carbonyl (C=O) groups excluding carboxylic acids is 2. The number of fused-ring (bicyclic) bond motifs is 2. The van der Waals surface area contributed by atoms with E-state index in [2.05, 4.69) is 15.3 Å². The van der Waals surface area contributed by atoms with Crippen molar-refractivity contribution in [3.63, 3.8) is 0 Å². The first-order chi connectivity index (χ1) is 20.7. The third-order valence-electron chi connectivity index (χ3n) is 8.38. The summed E-state index contributed by atoms with van der Waals surface area (Å²) < 4.78 is 34.3. The van der Waals surface area contributed by atoms with Gasteiger partial charge in [0.05, 0.1) is 38.5 Å². The van der Waals surface area contributed by atoms with Crippen LogP contribution in [-0.4, -0.2) is 40.0 Å². The fraction of sp³-hybridized carbons (Fsp3) is 0.290. The highest BCUT2D eigenvalue weighted by atomic mass is 35.5. The van der Waals surface area contributed by atoms with E-state index in [0.717, 1.165) is 6.07 Å². The minimum absolute atomic E-state index is 0.00207. The SMILES string of the molecule is Cc1nc2c(Cl)cc(C(=O)NCC(O)(c3cc4c(c(-c5ccc(F)c(F)c5Cl)n3)OC[C@]4(C)C(N)=O)C3CC3)cc2cc1Cl. The van der Waals surface area contributed by atoms with E-state index in [1.54, 1.807) is 26.0 Å². The fourth-order valence-electron chi connectivity index (χ4n) is 5.46. The van der Waals surface area contributed by atoms with Gasteiger partial charge < -0.3 is 20.9 Å². The Morgan fingerprint density at radius 1 is 1.14 bits per heavy atom. The first-order valence-electron chi connectivity index (χ1n) is 13.6. The summed E-state index contributed by atoms with van der Waals surface area (Å²) in [6.45, 7) is 2.90. The molecule has 2 aliphatic rings. The molecule has 44 heavy (non-hydrogen) atoms. The number of aryl methyl sites for hydroxylation is 1. The molecule has 2 aromatic heterocycles. The largest absolute Gasteiger partial charge is 0.489 e. The lowest BCUT2D eigenvalue weighted by Gasteiger charge is -2.30. The molecule has 1 fully saturated rings. The molecule has 0 spiro atoms. The van der Waals surface area contributed by atoms with Crippen LogP contribution in [0, 0.1) is 24.5 Å². The number of benzene rings is 2. The summed E-state index contributed by atoms with van der Waals surface area (Å²) in [5.41, 5.74) is 4.38. The normalized spacial score (nSPS) is 18.9. The second-order valence-electron chi connectivity index (χ2n) is 11.4. The summed E-state index contributed by atoms with van der Waals surface area (Å²) in [4.78, 5) is 35.0. The lowest BCUT2D eigenvalue weighted by molar-refractivity contribution is -0.123. The summed E-state index contributed by atoms with van der Waals surface area (Å²) in [7, 11) is 0. The molecule has 13 heteroatoms. The molecule has 4 aromatic rings. The van der Waals surface area contributed by atoms with Crippen LogP contribution in [-0.2, 0) is 15.8 Å². The number of aromatic nitrogens is 2. The van der Waals surface area contributed by atoms with Crippen molar-refractivity contribution < 1.29 is 28.2 Å². The third-order valence-corrected chi connectivity index (χ3v) is 9.42. The van der Waals surface area contributed by atoms with Gasteiger partial charge in [-0.2, -0.15) is 0 Å². The molecular weight excluding hydrogens is 637 g/mol. The van der Waals surface area contributed by atoms with Gasteiger partial charge in [-0.1, -0.05) is 34.8 Å². The number of halogens is 5. The summed E-state index contributed by atoms with van der Waals surface area (Å²) in [5, 5.41) is 15.6. The second kappa shape index (κ2) is 10.8. The van der Waals surface area contributed by atoms with Crippen molar-refractivity contribution >= 4 is 57.5 Å². The summed E-state index contributed by atoms with van der Waals surface area (Å²) in [5.74, 6) is -3.87. The molecule has 228 valence electrons. The molecule has 2 amide bonds. The van der Waals surface area contributed by atoms with Gasteiger partial charge in [-0.3, -0.25) is 14.6 Å². The molecule has 1 saturated carbocycles. The third kappa shape index (κ3) is 4.94. The van der Waals surface area contributed by atoms with Gasteiger partial charge in [0.15, 0.2) is 11.6 Å². The smallest absolute Gasteiger partial charge is 0.251 e. The minimum Gasteiger partial charge on any atom is -0.489 e. The van der Waals surface area contributed by atoms with E-state index < -0.39 is 39.5 Å². The average Bonchev–Trinajstić information content (AvgIpc) is 3.79. The number of rotatable bonds is 7. The first-order valence-corrected chi connectivity index (χ1v) is 14.8. The van der Waals surface area contributed by atoms with Crippen LogP contribution in [0.15, 0.2) is 36.4 Å². The standard InChI is InChI=1S/C31H25Cl3F2N4O4/c1-13-19(32)8-14-7-15(9-20(33)25(14)39-13)28(41)38-11-31(43,16-3-4-16)22-10-18-27(44-12-30(18,2)29(37)42)26(40-22)17-5-6-21(35)24(36)23(17)34/h5-10,16,43H,3-4,11-12H2,1-2H3,(H2,37,42)(H,38,41)/t30-,31?/m0/s1. The van der Waals surface area contributed by atoms with Crippen molar-refractivity contribution in [1.82, 2.24) is 15.3 Å². The highest BCUT2D eigenvalue weighted by Gasteiger charge is 2.50. The molecule has 3 heterocycles. The maximum atomic E-state index is 14.6. The van der Waals surface area contributed by atoms with Gasteiger partial charge in [0.25, 0.3) is 5.91 Å². The maximum absolute atomic E-state index is 14.6. The summed E-state index contributed by atoms with van der Waals surface area (Å²) >= 11 is 18.9. The average molecular weight is 662 g/mol. The van der Waals surface area contributed by atoms with Gasteiger partial charge in [0.2, 0.25) is 5.91 Å². The van der Waals surface area contributed by atoms with Gasteiger partial charge in [-0.15, -0.1) is 0 Å². The van der Waals surface area contributed by atoms with E-state index in [0.29, 0.717) is 40.0 Å². The molecule has 0 bridgehead atoms.